The zero-order valence-electron chi connectivity index (χ0n) is 10.2. The number of Topliss-reactive ketones (excluding diaryl/α,β-unsaturated/α-hetero) is 1. The number of carboxylic acids is 1. The number of ketones is 1. The van der Waals surface area contributed by atoms with Gasteiger partial charge < -0.3 is 14.6 Å². The van der Waals surface area contributed by atoms with Crippen LogP contribution in [0.4, 0.5) is 0 Å². The quantitative estimate of drug-likeness (QED) is 0.804. The average molecular weight is 250 g/mol. The third-order valence-corrected chi connectivity index (χ3v) is 3.12. The molecule has 2 unspecified atom stereocenters. The van der Waals surface area contributed by atoms with E-state index in [0.29, 0.717) is 23.5 Å². The van der Waals surface area contributed by atoms with E-state index in [-0.39, 0.29) is 5.78 Å². The topological polar surface area (TPSA) is 72.8 Å². The van der Waals surface area contributed by atoms with Crippen LogP contribution in [0.1, 0.15) is 16.8 Å². The highest BCUT2D eigenvalue weighted by atomic mass is 16.5. The predicted octanol–water partition coefficient (Wildman–Crippen LogP) is 1.61. The zero-order valence-corrected chi connectivity index (χ0v) is 10.2. The van der Waals surface area contributed by atoms with Crippen LogP contribution in [-0.2, 0) is 4.79 Å². The van der Waals surface area contributed by atoms with Crippen LogP contribution in [0.15, 0.2) is 18.2 Å². The van der Waals surface area contributed by atoms with Gasteiger partial charge in [0.15, 0.2) is 5.78 Å². The third kappa shape index (κ3) is 2.16. The van der Waals surface area contributed by atoms with Gasteiger partial charge in [-0.25, -0.2) is 0 Å². The van der Waals surface area contributed by atoms with Crippen molar-refractivity contribution in [3.8, 4) is 11.5 Å². The molecule has 1 saturated carbocycles. The summed E-state index contributed by atoms with van der Waals surface area (Å²) in [6.07, 6.45) is 0.397. The first-order valence-electron chi connectivity index (χ1n) is 5.57. The summed E-state index contributed by atoms with van der Waals surface area (Å²) in [5.74, 6) is -1.13. The number of aliphatic carboxylic acids is 1. The summed E-state index contributed by atoms with van der Waals surface area (Å²) in [6, 6.07) is 4.92. The molecule has 0 aromatic heterocycles. The molecule has 0 bridgehead atoms. The third-order valence-electron chi connectivity index (χ3n) is 3.12. The van der Waals surface area contributed by atoms with Crippen LogP contribution >= 0.6 is 0 Å². The molecule has 0 amide bonds. The molecule has 0 saturated heterocycles. The van der Waals surface area contributed by atoms with Crippen molar-refractivity contribution < 1.29 is 24.2 Å². The molecule has 5 heteroatoms. The molecule has 2 atom stereocenters. The second-order valence-electron chi connectivity index (χ2n) is 4.22. The lowest BCUT2D eigenvalue weighted by Gasteiger charge is -2.09. The molecule has 1 aromatic carbocycles. The molecule has 18 heavy (non-hydrogen) atoms. The highest BCUT2D eigenvalue weighted by molar-refractivity contribution is 6.04. The molecular weight excluding hydrogens is 236 g/mol. The van der Waals surface area contributed by atoms with Gasteiger partial charge in [-0.15, -0.1) is 0 Å². The molecular formula is C13H14O5. The second-order valence-corrected chi connectivity index (χ2v) is 4.22. The van der Waals surface area contributed by atoms with Gasteiger partial charge in [-0.3, -0.25) is 9.59 Å². The van der Waals surface area contributed by atoms with Crippen LogP contribution < -0.4 is 9.47 Å². The summed E-state index contributed by atoms with van der Waals surface area (Å²) in [5.41, 5.74) is 0.380. The minimum Gasteiger partial charge on any atom is -0.497 e. The lowest BCUT2D eigenvalue weighted by Crippen LogP contribution is -2.09. The molecule has 0 aliphatic heterocycles. The fourth-order valence-electron chi connectivity index (χ4n) is 1.96. The van der Waals surface area contributed by atoms with Gasteiger partial charge in [-0.1, -0.05) is 0 Å². The van der Waals surface area contributed by atoms with Crippen molar-refractivity contribution in [2.45, 2.75) is 6.42 Å². The number of ether oxygens (including phenoxy) is 2. The van der Waals surface area contributed by atoms with E-state index in [9.17, 15) is 9.59 Å². The number of carbonyl (C=O) groups is 2. The van der Waals surface area contributed by atoms with Crippen LogP contribution in [0.3, 0.4) is 0 Å². The molecule has 2 rings (SSSR count). The molecule has 1 aromatic rings. The maximum absolute atomic E-state index is 12.2. The van der Waals surface area contributed by atoms with E-state index in [4.69, 9.17) is 14.6 Å². The smallest absolute Gasteiger partial charge is 0.307 e. The monoisotopic (exact) mass is 250 g/mol. The van der Waals surface area contributed by atoms with Crippen molar-refractivity contribution in [1.29, 1.82) is 0 Å². The number of carboxylic acid groups (broad SMARTS) is 1. The number of benzene rings is 1. The molecule has 1 N–H and O–H groups in total. The largest absolute Gasteiger partial charge is 0.497 e. The van der Waals surface area contributed by atoms with Crippen LogP contribution in [0.5, 0.6) is 11.5 Å². The first-order valence-corrected chi connectivity index (χ1v) is 5.57. The summed E-state index contributed by atoms with van der Waals surface area (Å²) in [7, 11) is 2.98. The highest BCUT2D eigenvalue weighted by Crippen LogP contribution is 2.42. The Bertz CT molecular complexity index is 494. The van der Waals surface area contributed by atoms with Crippen LogP contribution in [0.2, 0.25) is 0 Å². The predicted molar refractivity (Wildman–Crippen MR) is 63.1 cm³/mol. The standard InChI is InChI=1S/C13H14O5/c1-17-7-3-4-11(18-2)10(5-7)12(14)8-6-9(8)13(15)16/h3-5,8-9H,6H2,1-2H3,(H,15,16). The normalized spacial score (nSPS) is 21.2. The van der Waals surface area contributed by atoms with E-state index in [2.05, 4.69) is 0 Å². The molecule has 1 aliphatic rings. The second kappa shape index (κ2) is 4.68. The Labute approximate surface area is 104 Å². The Kier molecular flexibility index (Phi) is 3.23. The molecule has 1 fully saturated rings. The van der Waals surface area contributed by atoms with Gasteiger partial charge in [-0.05, 0) is 24.6 Å². The van der Waals surface area contributed by atoms with E-state index < -0.39 is 17.8 Å². The van der Waals surface area contributed by atoms with Gasteiger partial charge in [0.1, 0.15) is 11.5 Å². The number of methoxy groups -OCH3 is 2. The lowest BCUT2D eigenvalue weighted by atomic mass is 10.0. The lowest BCUT2D eigenvalue weighted by molar-refractivity contribution is -0.138. The van der Waals surface area contributed by atoms with Crippen molar-refractivity contribution in [1.82, 2.24) is 0 Å². The van der Waals surface area contributed by atoms with E-state index in [1.807, 2.05) is 0 Å². The van der Waals surface area contributed by atoms with Crippen LogP contribution in [0, 0.1) is 11.8 Å². The van der Waals surface area contributed by atoms with Crippen molar-refractivity contribution in [3.63, 3.8) is 0 Å². The summed E-state index contributed by atoms with van der Waals surface area (Å²) in [6.45, 7) is 0. The zero-order chi connectivity index (χ0) is 13.3. The molecule has 0 spiro atoms. The van der Waals surface area contributed by atoms with Crippen molar-refractivity contribution in [2.75, 3.05) is 14.2 Å². The Morgan fingerprint density at radius 1 is 1.22 bits per heavy atom. The molecule has 0 heterocycles. The van der Waals surface area contributed by atoms with Crippen molar-refractivity contribution >= 4 is 11.8 Å². The van der Waals surface area contributed by atoms with Gasteiger partial charge in [0.05, 0.1) is 25.7 Å². The van der Waals surface area contributed by atoms with E-state index in [1.54, 1.807) is 18.2 Å². The van der Waals surface area contributed by atoms with E-state index in [1.165, 1.54) is 14.2 Å². The molecule has 0 radical (unpaired) electrons. The van der Waals surface area contributed by atoms with Gasteiger partial charge in [-0.2, -0.15) is 0 Å². The van der Waals surface area contributed by atoms with Gasteiger partial charge in [0.2, 0.25) is 0 Å². The maximum atomic E-state index is 12.2. The number of hydrogen-bond donors (Lipinski definition) is 1. The van der Waals surface area contributed by atoms with Crippen molar-refractivity contribution in [3.05, 3.63) is 23.8 Å². The Hall–Kier alpha value is -2.04. The highest BCUT2D eigenvalue weighted by Gasteiger charge is 2.48. The Morgan fingerprint density at radius 2 is 1.94 bits per heavy atom. The first-order chi connectivity index (χ1) is 8.58. The average Bonchev–Trinajstić information content (AvgIpc) is 3.17. The first kappa shape index (κ1) is 12.4. The van der Waals surface area contributed by atoms with Crippen molar-refractivity contribution in [2.24, 2.45) is 11.8 Å². The fraction of sp³-hybridized carbons (Fsp3) is 0.385. The van der Waals surface area contributed by atoms with Gasteiger partial charge in [0, 0.05) is 5.92 Å². The number of rotatable bonds is 5. The minimum absolute atomic E-state index is 0.196. The molecule has 1 aliphatic carbocycles. The Balaban J connectivity index is 2.27. The summed E-state index contributed by atoms with van der Waals surface area (Å²) < 4.78 is 10.2. The summed E-state index contributed by atoms with van der Waals surface area (Å²) in [5, 5.41) is 8.84. The Morgan fingerprint density at radius 3 is 2.44 bits per heavy atom. The van der Waals surface area contributed by atoms with Gasteiger partial charge in [0.25, 0.3) is 0 Å². The number of carbonyl (C=O) groups excluding carboxylic acids is 1. The number of hydrogen-bond acceptors (Lipinski definition) is 4. The summed E-state index contributed by atoms with van der Waals surface area (Å²) >= 11 is 0. The fourth-order valence-corrected chi connectivity index (χ4v) is 1.96. The maximum Gasteiger partial charge on any atom is 0.307 e. The summed E-state index contributed by atoms with van der Waals surface area (Å²) in [4.78, 5) is 22.9. The van der Waals surface area contributed by atoms with E-state index >= 15 is 0 Å². The van der Waals surface area contributed by atoms with E-state index in [0.717, 1.165) is 0 Å². The van der Waals surface area contributed by atoms with Crippen LogP contribution in [0.25, 0.3) is 0 Å². The van der Waals surface area contributed by atoms with Gasteiger partial charge >= 0.3 is 5.97 Å². The van der Waals surface area contributed by atoms with Crippen LogP contribution in [-0.4, -0.2) is 31.1 Å². The molecule has 5 nitrogen and oxygen atoms in total. The SMILES string of the molecule is COc1ccc(OC)c(C(=O)C2CC2C(=O)O)c1. The minimum atomic E-state index is -0.921. The molecule has 96 valence electrons.